The lowest BCUT2D eigenvalue weighted by molar-refractivity contribution is 0.102. The minimum absolute atomic E-state index is 0.0472. The van der Waals surface area contributed by atoms with E-state index < -0.39 is 15.7 Å². The van der Waals surface area contributed by atoms with Gasteiger partial charge in [0.05, 0.1) is 21.2 Å². The van der Waals surface area contributed by atoms with Crippen molar-refractivity contribution in [3.63, 3.8) is 0 Å². The van der Waals surface area contributed by atoms with Gasteiger partial charge < -0.3 is 5.32 Å². The summed E-state index contributed by atoms with van der Waals surface area (Å²) >= 11 is 7.84. The zero-order chi connectivity index (χ0) is 18.4. The highest BCUT2D eigenvalue weighted by Crippen LogP contribution is 2.23. The number of rotatable bonds is 7. The quantitative estimate of drug-likeness (QED) is 0.761. The second-order valence-electron chi connectivity index (χ2n) is 5.19. The molecule has 2 aromatic rings. The van der Waals surface area contributed by atoms with Crippen LogP contribution < -0.4 is 5.32 Å². The van der Waals surface area contributed by atoms with E-state index in [9.17, 15) is 13.2 Å². The highest BCUT2D eigenvalue weighted by molar-refractivity contribution is 7.98. The van der Waals surface area contributed by atoms with Crippen LogP contribution in [-0.4, -0.2) is 30.8 Å². The van der Waals surface area contributed by atoms with Gasteiger partial charge in [0, 0.05) is 11.9 Å². The molecular weight excluding hydrogens is 380 g/mol. The topological polar surface area (TPSA) is 76.1 Å². The number of nitrogens with one attached hydrogen (secondary N) is 1. The second-order valence-corrected chi connectivity index (χ2v) is 9.15. The number of aromatic nitrogens is 1. The molecule has 0 aliphatic heterocycles. The molecule has 0 atom stereocenters. The van der Waals surface area contributed by atoms with E-state index >= 15 is 0 Å². The maximum absolute atomic E-state index is 12.5. The lowest BCUT2D eigenvalue weighted by atomic mass is 10.2. The minimum Gasteiger partial charge on any atom is -0.307 e. The molecule has 1 aromatic heterocycles. The van der Waals surface area contributed by atoms with Crippen molar-refractivity contribution in [2.45, 2.75) is 24.5 Å². The Morgan fingerprint density at radius 3 is 2.68 bits per heavy atom. The number of pyridine rings is 1. The summed E-state index contributed by atoms with van der Waals surface area (Å²) in [6.07, 6.45) is 1.63. The Morgan fingerprint density at radius 2 is 2.00 bits per heavy atom. The maximum atomic E-state index is 12.5. The first kappa shape index (κ1) is 19.8. The third kappa shape index (κ3) is 5.20. The van der Waals surface area contributed by atoms with E-state index in [1.807, 2.05) is 6.07 Å². The first-order valence-corrected chi connectivity index (χ1v) is 10.9. The molecule has 0 saturated carbocycles. The monoisotopic (exact) mass is 398 g/mol. The van der Waals surface area contributed by atoms with Crippen LogP contribution in [0.25, 0.3) is 0 Å². The average Bonchev–Trinajstić information content (AvgIpc) is 2.60. The summed E-state index contributed by atoms with van der Waals surface area (Å²) in [5.41, 5.74) is 1.15. The van der Waals surface area contributed by atoms with Gasteiger partial charge in [0.1, 0.15) is 5.82 Å². The SMILES string of the molecule is CCSCc1ccnc(NC(=O)c2cc(S(=O)(=O)CC)ccc2Cl)c1. The zero-order valence-corrected chi connectivity index (χ0v) is 16.3. The third-order valence-corrected chi connectivity index (χ3v) is 6.47. The summed E-state index contributed by atoms with van der Waals surface area (Å²) in [6.45, 7) is 3.63. The van der Waals surface area contributed by atoms with Crippen molar-refractivity contribution in [1.82, 2.24) is 4.98 Å². The molecule has 5 nitrogen and oxygen atoms in total. The van der Waals surface area contributed by atoms with E-state index in [1.165, 1.54) is 18.2 Å². The molecule has 25 heavy (non-hydrogen) atoms. The zero-order valence-electron chi connectivity index (χ0n) is 14.0. The van der Waals surface area contributed by atoms with Gasteiger partial charge >= 0.3 is 0 Å². The number of halogens is 1. The number of thioether (sulfide) groups is 1. The number of nitrogens with zero attached hydrogens (tertiary/aromatic N) is 1. The summed E-state index contributed by atoms with van der Waals surface area (Å²) in [7, 11) is -3.42. The number of sulfone groups is 1. The van der Waals surface area contributed by atoms with E-state index in [1.54, 1.807) is 30.9 Å². The fourth-order valence-corrected chi connectivity index (χ4v) is 3.80. The van der Waals surface area contributed by atoms with Crippen molar-refractivity contribution in [2.75, 3.05) is 16.8 Å². The third-order valence-electron chi connectivity index (χ3n) is 3.46. The Bertz CT molecular complexity index is 870. The molecule has 8 heteroatoms. The number of anilines is 1. The molecule has 0 bridgehead atoms. The molecule has 1 N–H and O–H groups in total. The van der Waals surface area contributed by atoms with Crippen LogP contribution >= 0.6 is 23.4 Å². The lowest BCUT2D eigenvalue weighted by Crippen LogP contribution is -2.15. The van der Waals surface area contributed by atoms with Gasteiger partial charge in [-0.3, -0.25) is 4.79 Å². The Hall–Kier alpha value is -1.57. The van der Waals surface area contributed by atoms with Crippen LogP contribution in [0.3, 0.4) is 0 Å². The molecule has 134 valence electrons. The average molecular weight is 399 g/mol. The highest BCUT2D eigenvalue weighted by atomic mass is 35.5. The van der Waals surface area contributed by atoms with Crippen LogP contribution in [0.15, 0.2) is 41.4 Å². The van der Waals surface area contributed by atoms with Gasteiger partial charge in [-0.15, -0.1) is 0 Å². The Morgan fingerprint density at radius 1 is 1.24 bits per heavy atom. The van der Waals surface area contributed by atoms with Crippen molar-refractivity contribution in [3.05, 3.63) is 52.7 Å². The normalized spacial score (nSPS) is 11.3. The molecule has 0 fully saturated rings. The molecule has 0 unspecified atom stereocenters. The largest absolute Gasteiger partial charge is 0.307 e. The highest BCUT2D eigenvalue weighted by Gasteiger charge is 2.18. The predicted octanol–water partition coefficient (Wildman–Crippen LogP) is 4.03. The molecule has 0 saturated heterocycles. The molecule has 0 radical (unpaired) electrons. The van der Waals surface area contributed by atoms with Crippen LogP contribution in [0.1, 0.15) is 29.8 Å². The smallest absolute Gasteiger partial charge is 0.258 e. The van der Waals surface area contributed by atoms with E-state index in [2.05, 4.69) is 17.2 Å². The number of hydrogen-bond acceptors (Lipinski definition) is 5. The Kier molecular flexibility index (Phi) is 6.87. The van der Waals surface area contributed by atoms with E-state index in [-0.39, 0.29) is 21.2 Å². The molecule has 2 rings (SSSR count). The number of carbonyl (C=O) groups is 1. The summed E-state index contributed by atoms with van der Waals surface area (Å²) in [6, 6.07) is 7.80. The molecule has 1 heterocycles. The van der Waals surface area contributed by atoms with Crippen molar-refractivity contribution in [2.24, 2.45) is 0 Å². The summed E-state index contributed by atoms with van der Waals surface area (Å²) in [5.74, 6) is 1.68. The lowest BCUT2D eigenvalue weighted by Gasteiger charge is -2.09. The van der Waals surface area contributed by atoms with Gasteiger partial charge in [0.2, 0.25) is 0 Å². The first-order chi connectivity index (χ1) is 11.9. The summed E-state index contributed by atoms with van der Waals surface area (Å²) < 4.78 is 24.0. The Balaban J connectivity index is 2.25. The van der Waals surface area contributed by atoms with E-state index in [0.717, 1.165) is 17.1 Å². The van der Waals surface area contributed by atoms with Gasteiger partial charge in [-0.05, 0) is 41.6 Å². The number of carbonyl (C=O) groups excluding carboxylic acids is 1. The van der Waals surface area contributed by atoms with E-state index in [0.29, 0.717) is 5.82 Å². The molecule has 1 aromatic carbocycles. The fourth-order valence-electron chi connectivity index (χ4n) is 2.07. The molecular formula is C17H19ClN2O3S2. The van der Waals surface area contributed by atoms with Gasteiger partial charge in [-0.1, -0.05) is 25.4 Å². The van der Waals surface area contributed by atoms with Crippen LogP contribution in [-0.2, 0) is 15.6 Å². The van der Waals surface area contributed by atoms with Gasteiger partial charge in [-0.2, -0.15) is 11.8 Å². The van der Waals surface area contributed by atoms with Crippen molar-refractivity contribution < 1.29 is 13.2 Å². The number of amides is 1. The van der Waals surface area contributed by atoms with Crippen molar-refractivity contribution in [3.8, 4) is 0 Å². The summed E-state index contributed by atoms with van der Waals surface area (Å²) in [5, 5.41) is 2.86. The van der Waals surface area contributed by atoms with Crippen LogP contribution in [0.4, 0.5) is 5.82 Å². The van der Waals surface area contributed by atoms with Crippen LogP contribution in [0.5, 0.6) is 0 Å². The fraction of sp³-hybridized carbons (Fsp3) is 0.294. The number of hydrogen-bond donors (Lipinski definition) is 1. The first-order valence-electron chi connectivity index (χ1n) is 7.73. The second kappa shape index (κ2) is 8.69. The van der Waals surface area contributed by atoms with Crippen LogP contribution in [0.2, 0.25) is 5.02 Å². The predicted molar refractivity (Wildman–Crippen MR) is 103 cm³/mol. The van der Waals surface area contributed by atoms with Crippen LogP contribution in [0, 0.1) is 0 Å². The minimum atomic E-state index is -3.42. The molecule has 0 aliphatic rings. The Labute approximate surface area is 157 Å². The van der Waals surface area contributed by atoms with Gasteiger partial charge in [0.25, 0.3) is 5.91 Å². The standard InChI is InChI=1S/C17H19ClN2O3S2/c1-3-24-11-12-7-8-19-16(9-12)20-17(21)14-10-13(5-6-15(14)18)25(22,23)4-2/h5-10H,3-4,11H2,1-2H3,(H,19,20,21). The number of benzene rings is 1. The summed E-state index contributed by atoms with van der Waals surface area (Å²) in [4.78, 5) is 16.7. The van der Waals surface area contributed by atoms with E-state index in [4.69, 9.17) is 11.6 Å². The van der Waals surface area contributed by atoms with Crippen molar-refractivity contribution in [1.29, 1.82) is 0 Å². The molecule has 0 aliphatic carbocycles. The van der Waals surface area contributed by atoms with Gasteiger partial charge in [0.15, 0.2) is 9.84 Å². The van der Waals surface area contributed by atoms with Gasteiger partial charge in [-0.25, -0.2) is 13.4 Å². The molecule has 0 spiro atoms. The maximum Gasteiger partial charge on any atom is 0.258 e. The van der Waals surface area contributed by atoms with Crippen molar-refractivity contribution >= 4 is 44.9 Å². The molecule has 1 amide bonds.